The standard InChI is InChI=1S/C48H86NO12P/c1-3-5-7-9-11-13-15-17-18-19-20-21-22-23-25-27-29-31-33-37-46(52)58-39-42(40-59-62(56,57)60-41-43(49)48(54)55)61-47(53)38-34-36-45(51)44(50)35-32-30-28-26-24-16-14-12-10-8-6-4-2/h12,14,17-18,24,26,30,32,42-45,50-51H,3-11,13,15-16,19-23,25,27-29,31,33-41,49H2,1-2H3,(H,54,55)(H,56,57)/b14-12-,18-17-,26-24-,32-30-/t42-,43+,44?,45?/m1/s1. The lowest BCUT2D eigenvalue weighted by atomic mass is 10.0. The molecule has 0 saturated carbocycles. The van der Waals surface area contributed by atoms with Gasteiger partial charge in [0.25, 0.3) is 0 Å². The van der Waals surface area contributed by atoms with Crippen molar-refractivity contribution in [3.63, 3.8) is 0 Å². The van der Waals surface area contributed by atoms with Crippen LogP contribution in [-0.4, -0.2) is 82.3 Å². The average Bonchev–Trinajstić information content (AvgIpc) is 3.24. The van der Waals surface area contributed by atoms with Crippen molar-refractivity contribution in [2.75, 3.05) is 19.8 Å². The number of hydrogen-bond donors (Lipinski definition) is 5. The van der Waals surface area contributed by atoms with Gasteiger partial charge in [0, 0.05) is 12.8 Å². The number of aliphatic hydroxyl groups is 2. The van der Waals surface area contributed by atoms with Gasteiger partial charge in [-0.3, -0.25) is 23.4 Å². The number of carbonyl (C=O) groups excluding carboxylic acids is 2. The van der Waals surface area contributed by atoms with Crippen LogP contribution in [0.4, 0.5) is 0 Å². The smallest absolute Gasteiger partial charge is 0.472 e. The van der Waals surface area contributed by atoms with Gasteiger partial charge in [-0.2, -0.15) is 0 Å². The molecule has 0 aromatic carbocycles. The minimum atomic E-state index is -4.80. The van der Waals surface area contributed by atoms with Gasteiger partial charge in [-0.1, -0.05) is 152 Å². The molecule has 14 heteroatoms. The number of aliphatic hydroxyl groups excluding tert-OH is 2. The van der Waals surface area contributed by atoms with Crippen molar-refractivity contribution in [3.05, 3.63) is 48.6 Å². The van der Waals surface area contributed by atoms with E-state index in [4.69, 9.17) is 24.8 Å². The third kappa shape index (κ3) is 40.2. The average molecular weight is 900 g/mol. The summed E-state index contributed by atoms with van der Waals surface area (Å²) in [4.78, 5) is 46.1. The molecule has 5 atom stereocenters. The van der Waals surface area contributed by atoms with Crippen molar-refractivity contribution in [1.29, 1.82) is 0 Å². The molecule has 0 bridgehead atoms. The van der Waals surface area contributed by atoms with Crippen LogP contribution in [0.2, 0.25) is 0 Å². The number of hydrogen-bond acceptors (Lipinski definition) is 11. The molecule has 6 N–H and O–H groups in total. The number of carboxylic acids is 1. The van der Waals surface area contributed by atoms with Crippen LogP contribution in [0.25, 0.3) is 0 Å². The van der Waals surface area contributed by atoms with Crippen molar-refractivity contribution in [2.45, 2.75) is 218 Å². The van der Waals surface area contributed by atoms with Crippen LogP contribution in [0.3, 0.4) is 0 Å². The van der Waals surface area contributed by atoms with E-state index in [2.05, 4.69) is 48.8 Å². The highest BCUT2D eigenvalue weighted by Gasteiger charge is 2.28. The van der Waals surface area contributed by atoms with E-state index < -0.39 is 69.9 Å². The van der Waals surface area contributed by atoms with Gasteiger partial charge < -0.3 is 35.4 Å². The first-order chi connectivity index (χ1) is 29.9. The first-order valence-electron chi connectivity index (χ1n) is 23.8. The number of esters is 2. The van der Waals surface area contributed by atoms with Crippen molar-refractivity contribution in [3.8, 4) is 0 Å². The molecule has 360 valence electrons. The highest BCUT2D eigenvalue weighted by Crippen LogP contribution is 2.43. The number of unbranched alkanes of at least 4 members (excludes halogenated alkanes) is 18. The predicted molar refractivity (Wildman–Crippen MR) is 247 cm³/mol. The van der Waals surface area contributed by atoms with Crippen molar-refractivity contribution >= 4 is 25.7 Å². The zero-order chi connectivity index (χ0) is 45.9. The van der Waals surface area contributed by atoms with Gasteiger partial charge in [-0.15, -0.1) is 0 Å². The molecular formula is C48H86NO12P. The number of nitrogens with two attached hydrogens (primary N) is 1. The van der Waals surface area contributed by atoms with E-state index in [0.717, 1.165) is 38.5 Å². The molecule has 0 aromatic heterocycles. The monoisotopic (exact) mass is 900 g/mol. The summed E-state index contributed by atoms with van der Waals surface area (Å²) in [6, 6.07) is -1.57. The van der Waals surface area contributed by atoms with Crippen LogP contribution in [0.1, 0.15) is 194 Å². The van der Waals surface area contributed by atoms with E-state index in [1.807, 2.05) is 12.2 Å². The Labute approximate surface area is 374 Å². The summed E-state index contributed by atoms with van der Waals surface area (Å²) in [5.41, 5.74) is 5.32. The minimum Gasteiger partial charge on any atom is -0.480 e. The first-order valence-corrected chi connectivity index (χ1v) is 25.3. The quantitative estimate of drug-likeness (QED) is 0.0167. The lowest BCUT2D eigenvalue weighted by Gasteiger charge is -2.20. The number of ether oxygens (including phenoxy) is 2. The topological polar surface area (TPSA) is 212 Å². The predicted octanol–water partition coefficient (Wildman–Crippen LogP) is 10.9. The number of phosphoric acid groups is 1. The molecule has 0 aliphatic heterocycles. The first kappa shape index (κ1) is 59.4. The van der Waals surface area contributed by atoms with Crippen LogP contribution in [-0.2, 0) is 37.5 Å². The fourth-order valence-electron chi connectivity index (χ4n) is 6.34. The Morgan fingerprint density at radius 2 is 1.02 bits per heavy atom. The van der Waals surface area contributed by atoms with Gasteiger partial charge in [0.1, 0.15) is 12.6 Å². The molecule has 0 rings (SSSR count). The van der Waals surface area contributed by atoms with Crippen molar-refractivity contribution in [2.24, 2.45) is 5.73 Å². The Kier molecular flexibility index (Phi) is 40.5. The summed E-state index contributed by atoms with van der Waals surface area (Å²) in [5, 5.41) is 29.7. The van der Waals surface area contributed by atoms with E-state index in [9.17, 15) is 34.1 Å². The molecule has 0 heterocycles. The van der Waals surface area contributed by atoms with Crippen LogP contribution < -0.4 is 5.73 Å². The zero-order valence-corrected chi connectivity index (χ0v) is 39.3. The Hall–Kier alpha value is -2.64. The molecule has 0 aliphatic rings. The Balaban J connectivity index is 4.52. The summed E-state index contributed by atoms with van der Waals surface area (Å²) < 4.78 is 32.6. The molecule has 0 aromatic rings. The second-order valence-corrected chi connectivity index (χ2v) is 17.6. The molecule has 62 heavy (non-hydrogen) atoms. The summed E-state index contributed by atoms with van der Waals surface area (Å²) in [5.74, 6) is -2.70. The summed E-state index contributed by atoms with van der Waals surface area (Å²) in [6.45, 7) is 2.49. The minimum absolute atomic E-state index is 0.117. The molecule has 3 unspecified atom stereocenters. The van der Waals surface area contributed by atoms with Crippen molar-refractivity contribution in [1.82, 2.24) is 0 Å². The molecule has 0 radical (unpaired) electrons. The lowest BCUT2D eigenvalue weighted by Crippen LogP contribution is -2.34. The maximum atomic E-state index is 12.7. The van der Waals surface area contributed by atoms with Crippen LogP contribution in [0.5, 0.6) is 0 Å². The highest BCUT2D eigenvalue weighted by atomic mass is 31.2. The number of allylic oxidation sites excluding steroid dienone is 7. The Morgan fingerprint density at radius 3 is 1.60 bits per heavy atom. The SMILES string of the molecule is CCCCC/C=C\C/C=C\C/C=C\CC(O)C(O)CCCC(=O)O[C@H](COC(=O)CCCCCCCCCCC/C=C\CCCCCCCC)COP(=O)(O)OC[C@H](N)C(=O)O. The van der Waals surface area contributed by atoms with Gasteiger partial charge in [0.2, 0.25) is 0 Å². The van der Waals surface area contributed by atoms with Crippen LogP contribution in [0, 0.1) is 0 Å². The highest BCUT2D eigenvalue weighted by molar-refractivity contribution is 7.47. The lowest BCUT2D eigenvalue weighted by molar-refractivity contribution is -0.161. The van der Waals surface area contributed by atoms with Gasteiger partial charge in [0.15, 0.2) is 6.10 Å². The van der Waals surface area contributed by atoms with Gasteiger partial charge in [-0.25, -0.2) is 4.57 Å². The molecule has 0 fully saturated rings. The summed E-state index contributed by atoms with van der Waals surface area (Å²) >= 11 is 0. The van der Waals surface area contributed by atoms with Gasteiger partial charge in [0.05, 0.1) is 25.4 Å². The third-order valence-corrected chi connectivity index (χ3v) is 11.2. The van der Waals surface area contributed by atoms with Gasteiger partial charge >= 0.3 is 25.7 Å². The van der Waals surface area contributed by atoms with E-state index in [-0.39, 0.29) is 32.1 Å². The second kappa shape index (κ2) is 42.3. The van der Waals surface area contributed by atoms with E-state index in [1.54, 1.807) is 6.08 Å². The molecule has 0 aliphatic carbocycles. The van der Waals surface area contributed by atoms with Crippen LogP contribution >= 0.6 is 7.82 Å². The fourth-order valence-corrected chi connectivity index (χ4v) is 7.12. The van der Waals surface area contributed by atoms with E-state index >= 15 is 0 Å². The maximum Gasteiger partial charge on any atom is 0.472 e. The van der Waals surface area contributed by atoms with Gasteiger partial charge in [-0.05, 0) is 77.0 Å². The van der Waals surface area contributed by atoms with E-state index in [1.165, 1.54) is 96.3 Å². The van der Waals surface area contributed by atoms with E-state index in [0.29, 0.717) is 12.8 Å². The van der Waals surface area contributed by atoms with Crippen LogP contribution in [0.15, 0.2) is 48.6 Å². The second-order valence-electron chi connectivity index (χ2n) is 16.2. The number of carbonyl (C=O) groups is 3. The number of phosphoric ester groups is 1. The molecule has 0 saturated heterocycles. The summed E-state index contributed by atoms with van der Waals surface area (Å²) in [6.07, 6.45) is 40.5. The molecule has 0 amide bonds. The number of aliphatic carboxylic acids is 1. The normalized spacial score (nSPS) is 15.1. The molecular weight excluding hydrogens is 813 g/mol. The largest absolute Gasteiger partial charge is 0.480 e. The maximum absolute atomic E-state index is 12.7. The Morgan fingerprint density at radius 1 is 0.565 bits per heavy atom. The number of carboxylic acid groups (broad SMARTS) is 1. The zero-order valence-electron chi connectivity index (χ0n) is 38.4. The third-order valence-electron chi connectivity index (χ3n) is 10.3. The Bertz CT molecular complexity index is 1270. The fraction of sp³-hybridized carbons (Fsp3) is 0.771. The molecule has 13 nitrogen and oxygen atoms in total. The number of rotatable bonds is 44. The molecule has 0 spiro atoms. The summed E-state index contributed by atoms with van der Waals surface area (Å²) in [7, 11) is -4.80. The van der Waals surface area contributed by atoms with Crippen molar-refractivity contribution < 1.29 is 57.7 Å².